The van der Waals surface area contributed by atoms with Crippen LogP contribution >= 0.6 is 11.8 Å². The van der Waals surface area contributed by atoms with Gasteiger partial charge < -0.3 is 15.4 Å². The van der Waals surface area contributed by atoms with E-state index in [0.717, 1.165) is 23.8 Å². The van der Waals surface area contributed by atoms with Crippen molar-refractivity contribution in [3.8, 4) is 0 Å². The number of carbonyl (C=O) groups is 1. The van der Waals surface area contributed by atoms with Crippen molar-refractivity contribution in [1.82, 2.24) is 14.8 Å². The first-order valence-electron chi connectivity index (χ1n) is 9.04. The fraction of sp³-hybridized carbons (Fsp3) is 0.450. The minimum Gasteiger partial charge on any atom is -0.400 e. The molecule has 1 heterocycles. The minimum atomic E-state index is -0.331. The Morgan fingerprint density at radius 3 is 2.59 bits per heavy atom. The maximum Gasteiger partial charge on any atom is 0.217 e. The predicted octanol–water partition coefficient (Wildman–Crippen LogP) is 3.26. The Morgan fingerprint density at radius 1 is 1.33 bits per heavy atom. The summed E-state index contributed by atoms with van der Waals surface area (Å²) in [4.78, 5) is 10.9. The van der Waals surface area contributed by atoms with Crippen molar-refractivity contribution in [2.24, 2.45) is 5.73 Å². The molecule has 1 aliphatic rings. The first-order valence-corrected chi connectivity index (χ1v) is 10.0. The van der Waals surface area contributed by atoms with E-state index in [4.69, 9.17) is 10.8 Å². The van der Waals surface area contributed by atoms with Gasteiger partial charge in [-0.3, -0.25) is 4.79 Å². The molecule has 0 aliphatic heterocycles. The van der Waals surface area contributed by atoms with Gasteiger partial charge in [0.15, 0.2) is 5.16 Å². The van der Waals surface area contributed by atoms with E-state index in [1.54, 1.807) is 17.8 Å². The van der Waals surface area contributed by atoms with Gasteiger partial charge in [-0.2, -0.15) is 0 Å². The number of hydrogen-bond acceptors (Lipinski definition) is 5. The zero-order valence-electron chi connectivity index (χ0n) is 16.2. The van der Waals surface area contributed by atoms with Gasteiger partial charge in [0.25, 0.3) is 0 Å². The van der Waals surface area contributed by atoms with Gasteiger partial charge in [0.1, 0.15) is 5.82 Å². The SMILES string of the molecule is C1CC1.C=CCn1c(CCC(N)=O)nnc1SCc1cccc(C)c1.CO. The number of carbonyl (C=O) groups excluding carboxylic acids is 1. The molecule has 1 amide bonds. The molecule has 0 bridgehead atoms. The average molecular weight is 391 g/mol. The highest BCUT2D eigenvalue weighted by Gasteiger charge is 2.12. The number of allylic oxidation sites excluding steroid dienone is 1. The Morgan fingerprint density at radius 2 is 2.04 bits per heavy atom. The van der Waals surface area contributed by atoms with Gasteiger partial charge in [-0.15, -0.1) is 16.8 Å². The number of aromatic nitrogens is 3. The highest BCUT2D eigenvalue weighted by molar-refractivity contribution is 7.98. The first-order chi connectivity index (χ1) is 13.1. The van der Waals surface area contributed by atoms with Crippen LogP contribution in [0.3, 0.4) is 0 Å². The number of thioether (sulfide) groups is 1. The molecule has 27 heavy (non-hydrogen) atoms. The van der Waals surface area contributed by atoms with Crippen molar-refractivity contribution in [3.05, 3.63) is 53.9 Å². The van der Waals surface area contributed by atoms with E-state index in [2.05, 4.69) is 48.0 Å². The molecule has 3 rings (SSSR count). The second-order valence-electron chi connectivity index (χ2n) is 6.10. The minimum absolute atomic E-state index is 0.276. The van der Waals surface area contributed by atoms with Crippen molar-refractivity contribution in [2.45, 2.75) is 56.5 Å². The van der Waals surface area contributed by atoms with Crippen LogP contribution in [0, 0.1) is 6.92 Å². The van der Waals surface area contributed by atoms with Gasteiger partial charge in [-0.1, -0.05) is 66.9 Å². The molecule has 6 nitrogen and oxygen atoms in total. The van der Waals surface area contributed by atoms with Crippen LogP contribution in [0.4, 0.5) is 0 Å². The molecule has 1 aromatic carbocycles. The summed E-state index contributed by atoms with van der Waals surface area (Å²) in [6.07, 6.45) is 7.08. The Balaban J connectivity index is 0.000000643. The first kappa shape index (κ1) is 22.9. The normalized spacial score (nSPS) is 11.5. The third-order valence-electron chi connectivity index (χ3n) is 3.50. The standard InChI is InChI=1S/C16H20N4OS.C3H6.CH4O/c1-3-9-20-15(8-7-14(17)21)18-19-16(20)22-11-13-6-4-5-12(2)10-13;1-2-3-1;1-2/h3-6,10H,1,7-9,11H2,2H3,(H2,17,21);1-3H2;2H,1H3. The molecule has 148 valence electrons. The molecule has 1 fully saturated rings. The number of aryl methyl sites for hydroxylation is 2. The fourth-order valence-corrected chi connectivity index (χ4v) is 3.02. The van der Waals surface area contributed by atoms with Crippen molar-refractivity contribution >= 4 is 17.7 Å². The molecule has 0 radical (unpaired) electrons. The summed E-state index contributed by atoms with van der Waals surface area (Å²) in [7, 11) is 1.00. The van der Waals surface area contributed by atoms with E-state index in [0.29, 0.717) is 13.0 Å². The van der Waals surface area contributed by atoms with Crippen LogP contribution in [0.15, 0.2) is 42.1 Å². The lowest BCUT2D eigenvalue weighted by Crippen LogP contribution is -2.13. The molecule has 1 aromatic heterocycles. The number of primary amides is 1. The van der Waals surface area contributed by atoms with Gasteiger partial charge in [0, 0.05) is 32.2 Å². The zero-order chi connectivity index (χ0) is 20.1. The molecule has 0 atom stereocenters. The maximum atomic E-state index is 10.9. The summed E-state index contributed by atoms with van der Waals surface area (Å²) in [6.45, 7) is 6.47. The second-order valence-corrected chi connectivity index (χ2v) is 7.05. The van der Waals surface area contributed by atoms with Gasteiger partial charge in [0.2, 0.25) is 5.91 Å². The van der Waals surface area contributed by atoms with E-state index < -0.39 is 0 Å². The van der Waals surface area contributed by atoms with E-state index >= 15 is 0 Å². The van der Waals surface area contributed by atoms with Crippen LogP contribution in [0.2, 0.25) is 0 Å². The highest BCUT2D eigenvalue weighted by Crippen LogP contribution is 2.23. The van der Waals surface area contributed by atoms with Crippen molar-refractivity contribution in [2.75, 3.05) is 7.11 Å². The lowest BCUT2D eigenvalue weighted by molar-refractivity contribution is -0.118. The third kappa shape index (κ3) is 9.40. The molecular weight excluding hydrogens is 360 g/mol. The van der Waals surface area contributed by atoms with Gasteiger partial charge >= 0.3 is 0 Å². The number of aliphatic hydroxyl groups is 1. The molecule has 0 unspecified atom stereocenters. The van der Waals surface area contributed by atoms with Crippen molar-refractivity contribution in [1.29, 1.82) is 0 Å². The van der Waals surface area contributed by atoms with Crippen LogP contribution < -0.4 is 5.73 Å². The summed E-state index contributed by atoms with van der Waals surface area (Å²) < 4.78 is 1.98. The Kier molecular flexibility index (Phi) is 11.1. The number of aliphatic hydroxyl groups excluding tert-OH is 1. The molecule has 1 aliphatic carbocycles. The highest BCUT2D eigenvalue weighted by atomic mass is 32.2. The topological polar surface area (TPSA) is 94.0 Å². The Labute approximate surface area is 165 Å². The number of hydrogen-bond donors (Lipinski definition) is 2. The molecule has 0 spiro atoms. The van der Waals surface area contributed by atoms with Gasteiger partial charge in [-0.25, -0.2) is 0 Å². The van der Waals surface area contributed by atoms with Gasteiger partial charge in [0.05, 0.1) is 0 Å². The third-order valence-corrected chi connectivity index (χ3v) is 4.54. The fourth-order valence-electron chi connectivity index (χ4n) is 2.11. The van der Waals surface area contributed by atoms with Crippen molar-refractivity contribution in [3.63, 3.8) is 0 Å². The van der Waals surface area contributed by atoms with E-state index in [-0.39, 0.29) is 12.3 Å². The molecule has 3 N–H and O–H groups in total. The van der Waals surface area contributed by atoms with Gasteiger partial charge in [-0.05, 0) is 12.5 Å². The summed E-state index contributed by atoms with van der Waals surface area (Å²) in [5.41, 5.74) is 7.69. The number of nitrogens with zero attached hydrogens (tertiary/aromatic N) is 3. The lowest BCUT2D eigenvalue weighted by atomic mass is 10.2. The molecule has 7 heteroatoms. The number of nitrogens with two attached hydrogens (primary N) is 1. The quantitative estimate of drug-likeness (QED) is 0.533. The second kappa shape index (κ2) is 13.1. The summed E-state index contributed by atoms with van der Waals surface area (Å²) in [5.74, 6) is 1.26. The smallest absolute Gasteiger partial charge is 0.217 e. The monoisotopic (exact) mass is 390 g/mol. The summed E-state index contributed by atoms with van der Waals surface area (Å²) in [5, 5.41) is 16.2. The Hall–Kier alpha value is -2.12. The summed E-state index contributed by atoms with van der Waals surface area (Å²) in [6, 6.07) is 8.39. The van der Waals surface area contributed by atoms with Crippen LogP contribution in [0.1, 0.15) is 42.6 Å². The molecule has 1 saturated carbocycles. The van der Waals surface area contributed by atoms with E-state index in [1.165, 1.54) is 30.4 Å². The van der Waals surface area contributed by atoms with Crippen LogP contribution in [0.5, 0.6) is 0 Å². The number of amides is 1. The number of rotatable bonds is 8. The molecule has 2 aromatic rings. The average Bonchev–Trinajstić information content (AvgIpc) is 3.50. The predicted molar refractivity (Wildman–Crippen MR) is 110 cm³/mol. The number of benzene rings is 1. The van der Waals surface area contributed by atoms with Crippen LogP contribution in [0.25, 0.3) is 0 Å². The van der Waals surface area contributed by atoms with E-state index in [1.807, 2.05) is 4.57 Å². The summed E-state index contributed by atoms with van der Waals surface area (Å²) >= 11 is 1.63. The van der Waals surface area contributed by atoms with E-state index in [9.17, 15) is 4.79 Å². The Bertz CT molecular complexity index is 711. The lowest BCUT2D eigenvalue weighted by Gasteiger charge is -2.07. The largest absolute Gasteiger partial charge is 0.400 e. The van der Waals surface area contributed by atoms with Crippen molar-refractivity contribution < 1.29 is 9.90 Å². The zero-order valence-corrected chi connectivity index (χ0v) is 17.0. The van der Waals surface area contributed by atoms with Crippen LogP contribution in [-0.4, -0.2) is 32.9 Å². The van der Waals surface area contributed by atoms with Crippen LogP contribution in [-0.2, 0) is 23.5 Å². The maximum absolute atomic E-state index is 10.9. The molecule has 0 saturated heterocycles. The molecular formula is C20H30N4O2S.